The molecule has 0 aliphatic heterocycles. The van der Waals surface area contributed by atoms with Crippen LogP contribution in [0.5, 0.6) is 0 Å². The number of pyridine rings is 1. The second kappa shape index (κ2) is 13.1. The summed E-state index contributed by atoms with van der Waals surface area (Å²) >= 11 is 0. The maximum atomic E-state index is 13.8. The zero-order valence-electron chi connectivity index (χ0n) is 22.2. The minimum absolute atomic E-state index is 0.0629. The molecule has 4 aromatic rings. The van der Waals surface area contributed by atoms with E-state index in [2.05, 4.69) is 24.8 Å². The molecule has 1 aliphatic rings. The summed E-state index contributed by atoms with van der Waals surface area (Å²) in [6.45, 7) is 5.71. The smallest absolute Gasteiger partial charge is 0.223 e. The minimum Gasteiger partial charge on any atom is -0.379 e. The lowest BCUT2D eigenvalue weighted by Gasteiger charge is -2.29. The molecule has 208 valence electrons. The van der Waals surface area contributed by atoms with Gasteiger partial charge in [-0.05, 0) is 38.3 Å². The number of carbonyl (C=O) groups is 1. The van der Waals surface area contributed by atoms with Gasteiger partial charge in [0, 0.05) is 60.0 Å². The summed E-state index contributed by atoms with van der Waals surface area (Å²) in [6, 6.07) is 3.59. The molecule has 1 saturated carbocycles. The number of halogens is 1. The topological polar surface area (TPSA) is 116 Å². The number of fused-ring (bicyclic) bond motifs is 2. The van der Waals surface area contributed by atoms with E-state index < -0.39 is 5.82 Å². The summed E-state index contributed by atoms with van der Waals surface area (Å²) in [5, 5.41) is 4.59. The lowest BCUT2D eigenvalue weighted by atomic mass is 9.85. The van der Waals surface area contributed by atoms with Gasteiger partial charge in [0.2, 0.25) is 5.91 Å². The Balaban J connectivity index is 1.17. The maximum absolute atomic E-state index is 13.8. The standard InChI is InChI=1S/C28H35FN6O4/c1-2-37-10-11-39-13-12-38-9-7-30-28(36)19-4-3-5-22(14-19)35-8-6-20-16-31-26(34-27(20)35)24-18-33-25-23(24)15-21(29)17-32-25/h6,8,15-19,22H,2-5,7,9-14H2,1H3,(H,30,36)(H,32,33)/t19-,22-/m0/s1. The first-order chi connectivity index (χ1) is 19.1. The number of nitrogens with one attached hydrogen (secondary N) is 2. The van der Waals surface area contributed by atoms with E-state index in [0.717, 1.165) is 36.7 Å². The molecule has 2 N–H and O–H groups in total. The molecule has 0 aromatic carbocycles. The van der Waals surface area contributed by atoms with Crippen molar-refractivity contribution in [3.8, 4) is 11.4 Å². The van der Waals surface area contributed by atoms with Crippen LogP contribution in [0.25, 0.3) is 33.5 Å². The third kappa shape index (κ3) is 6.60. The predicted molar refractivity (Wildman–Crippen MR) is 145 cm³/mol. The van der Waals surface area contributed by atoms with Crippen molar-refractivity contribution in [2.24, 2.45) is 5.92 Å². The Morgan fingerprint density at radius 3 is 2.79 bits per heavy atom. The molecule has 11 heteroatoms. The van der Waals surface area contributed by atoms with Crippen molar-refractivity contribution in [3.63, 3.8) is 0 Å². The van der Waals surface area contributed by atoms with Crippen molar-refractivity contribution in [1.82, 2.24) is 29.8 Å². The summed E-state index contributed by atoms with van der Waals surface area (Å²) in [4.78, 5) is 29.4. The molecule has 4 aromatic heterocycles. The van der Waals surface area contributed by atoms with Crippen LogP contribution in [-0.2, 0) is 19.0 Å². The summed E-state index contributed by atoms with van der Waals surface area (Å²) in [6.07, 6.45) is 10.3. The van der Waals surface area contributed by atoms with Crippen molar-refractivity contribution < 1.29 is 23.4 Å². The van der Waals surface area contributed by atoms with Gasteiger partial charge in [-0.25, -0.2) is 19.3 Å². The van der Waals surface area contributed by atoms with E-state index in [1.54, 1.807) is 12.4 Å². The Morgan fingerprint density at radius 2 is 1.95 bits per heavy atom. The normalized spacial score (nSPS) is 17.7. The fourth-order valence-electron chi connectivity index (χ4n) is 5.15. The number of carbonyl (C=O) groups excluding carboxylic acids is 1. The maximum Gasteiger partial charge on any atom is 0.223 e. The SMILES string of the molecule is CCOCCOCCOCCNC(=O)[C@H]1CCC[C@H](n2ccc3cnc(-c4c[nH]c5ncc(F)cc45)nc32)C1. The van der Waals surface area contributed by atoms with Crippen LogP contribution in [0, 0.1) is 11.7 Å². The summed E-state index contributed by atoms with van der Waals surface area (Å²) in [5.41, 5.74) is 2.09. The number of hydrogen-bond donors (Lipinski definition) is 2. The Bertz CT molecular complexity index is 1390. The van der Waals surface area contributed by atoms with E-state index >= 15 is 0 Å². The largest absolute Gasteiger partial charge is 0.379 e. The van der Waals surface area contributed by atoms with Gasteiger partial charge in [0.1, 0.15) is 17.1 Å². The van der Waals surface area contributed by atoms with Crippen molar-refractivity contribution in [1.29, 1.82) is 0 Å². The highest BCUT2D eigenvalue weighted by Crippen LogP contribution is 2.35. The molecule has 1 fully saturated rings. The molecule has 10 nitrogen and oxygen atoms in total. The Morgan fingerprint density at radius 1 is 1.13 bits per heavy atom. The summed E-state index contributed by atoms with van der Waals surface area (Å²) in [7, 11) is 0. The van der Waals surface area contributed by atoms with Gasteiger partial charge in [0.25, 0.3) is 0 Å². The van der Waals surface area contributed by atoms with Crippen LogP contribution in [0.3, 0.4) is 0 Å². The molecule has 4 heterocycles. The van der Waals surface area contributed by atoms with E-state index in [1.807, 2.05) is 19.2 Å². The highest BCUT2D eigenvalue weighted by Gasteiger charge is 2.29. The monoisotopic (exact) mass is 538 g/mol. The second-order valence-corrected chi connectivity index (χ2v) is 9.68. The number of amides is 1. The van der Waals surface area contributed by atoms with Crippen LogP contribution < -0.4 is 5.32 Å². The lowest BCUT2D eigenvalue weighted by Crippen LogP contribution is -2.36. The van der Waals surface area contributed by atoms with E-state index in [9.17, 15) is 9.18 Å². The van der Waals surface area contributed by atoms with Gasteiger partial charge < -0.3 is 29.1 Å². The molecule has 0 saturated heterocycles. The van der Waals surface area contributed by atoms with Gasteiger partial charge in [-0.1, -0.05) is 6.42 Å². The minimum atomic E-state index is -0.409. The summed E-state index contributed by atoms with van der Waals surface area (Å²) < 4.78 is 32.2. The molecule has 0 radical (unpaired) electrons. The number of nitrogens with zero attached hydrogens (tertiary/aromatic N) is 4. The molecule has 39 heavy (non-hydrogen) atoms. The van der Waals surface area contributed by atoms with Gasteiger partial charge in [-0.15, -0.1) is 0 Å². The van der Waals surface area contributed by atoms with Gasteiger partial charge in [0.05, 0.1) is 39.2 Å². The zero-order chi connectivity index (χ0) is 27.0. The van der Waals surface area contributed by atoms with Crippen LogP contribution in [0.15, 0.2) is 36.9 Å². The van der Waals surface area contributed by atoms with Crippen LogP contribution in [0.4, 0.5) is 4.39 Å². The lowest BCUT2D eigenvalue weighted by molar-refractivity contribution is -0.126. The third-order valence-electron chi connectivity index (χ3n) is 7.10. The van der Waals surface area contributed by atoms with Crippen molar-refractivity contribution in [3.05, 3.63) is 42.7 Å². The van der Waals surface area contributed by atoms with Crippen molar-refractivity contribution in [2.45, 2.75) is 38.6 Å². The van der Waals surface area contributed by atoms with Gasteiger partial charge in [-0.2, -0.15) is 0 Å². The fraction of sp³-hybridized carbons (Fsp3) is 0.500. The molecule has 5 rings (SSSR count). The van der Waals surface area contributed by atoms with Crippen LogP contribution in [0.2, 0.25) is 0 Å². The zero-order valence-corrected chi connectivity index (χ0v) is 22.2. The van der Waals surface area contributed by atoms with E-state index in [1.165, 1.54) is 12.3 Å². The number of aromatic nitrogens is 5. The Hall–Kier alpha value is -3.41. The fourth-order valence-corrected chi connectivity index (χ4v) is 5.15. The molecular formula is C28H35FN6O4. The van der Waals surface area contributed by atoms with Crippen molar-refractivity contribution >= 4 is 28.0 Å². The van der Waals surface area contributed by atoms with Crippen molar-refractivity contribution in [2.75, 3.05) is 46.2 Å². The van der Waals surface area contributed by atoms with Gasteiger partial charge >= 0.3 is 0 Å². The average Bonchev–Trinajstić information content (AvgIpc) is 3.57. The predicted octanol–water partition coefficient (Wildman–Crippen LogP) is 4.03. The van der Waals surface area contributed by atoms with E-state index in [4.69, 9.17) is 19.2 Å². The molecule has 0 spiro atoms. The van der Waals surface area contributed by atoms with Crippen LogP contribution >= 0.6 is 0 Å². The van der Waals surface area contributed by atoms with E-state index in [0.29, 0.717) is 68.6 Å². The molecule has 1 amide bonds. The van der Waals surface area contributed by atoms with Crippen LogP contribution in [0.1, 0.15) is 38.6 Å². The number of ether oxygens (including phenoxy) is 3. The van der Waals surface area contributed by atoms with Gasteiger partial charge in [0.15, 0.2) is 5.82 Å². The quantitative estimate of drug-likeness (QED) is 0.247. The molecule has 1 aliphatic carbocycles. The first kappa shape index (κ1) is 27.2. The van der Waals surface area contributed by atoms with Gasteiger partial charge in [-0.3, -0.25) is 4.79 Å². The second-order valence-electron chi connectivity index (χ2n) is 9.68. The summed E-state index contributed by atoms with van der Waals surface area (Å²) in [5.74, 6) is 0.0996. The first-order valence-electron chi connectivity index (χ1n) is 13.6. The molecule has 2 atom stereocenters. The first-order valence-corrected chi connectivity index (χ1v) is 13.6. The highest BCUT2D eigenvalue weighted by molar-refractivity contribution is 5.92. The molecule has 0 unspecified atom stereocenters. The highest BCUT2D eigenvalue weighted by atomic mass is 19.1. The number of rotatable bonds is 13. The Labute approximate surface area is 226 Å². The van der Waals surface area contributed by atoms with E-state index in [-0.39, 0.29) is 17.9 Å². The molecule has 0 bridgehead atoms. The van der Waals surface area contributed by atoms with Crippen LogP contribution in [-0.4, -0.2) is 76.6 Å². The number of hydrogen-bond acceptors (Lipinski definition) is 7. The number of H-pyrrole nitrogens is 1. The number of aromatic amines is 1. The average molecular weight is 539 g/mol. The molecular weight excluding hydrogens is 503 g/mol. The Kier molecular flexibility index (Phi) is 9.12. The third-order valence-corrected chi connectivity index (χ3v) is 7.10.